The molecule has 0 bridgehead atoms. The number of benzene rings is 1. The number of carbonyl (C=O) groups excluding carboxylic acids is 1. The molecule has 1 amide bonds. The van der Waals surface area contributed by atoms with Crippen LogP contribution in [0.25, 0.3) is 11.5 Å². The third kappa shape index (κ3) is 3.42. The third-order valence-corrected chi connectivity index (χ3v) is 4.80. The number of methoxy groups -OCH3 is 1. The van der Waals surface area contributed by atoms with Crippen molar-refractivity contribution in [3.8, 4) is 17.2 Å². The fourth-order valence-corrected chi connectivity index (χ4v) is 3.30. The highest BCUT2D eigenvalue weighted by Crippen LogP contribution is 2.31. The molecule has 4 rings (SSSR count). The van der Waals surface area contributed by atoms with Crippen molar-refractivity contribution >= 4 is 5.91 Å². The maximum absolute atomic E-state index is 12.5. The van der Waals surface area contributed by atoms with E-state index < -0.39 is 5.79 Å². The van der Waals surface area contributed by atoms with Crippen LogP contribution in [0.1, 0.15) is 18.7 Å². The minimum absolute atomic E-state index is 0.0252. The molecule has 0 N–H and O–H groups in total. The standard InChI is InChI=1S/C18H21N3O5/c1-23-14-4-2-13(3-5-14)17-20-19-15(26-17)12-16(22)21-8-6-18(7-9-21)24-10-11-25-18/h2-5H,6-12H2,1H3. The van der Waals surface area contributed by atoms with Gasteiger partial charge in [-0.05, 0) is 24.3 Å². The lowest BCUT2D eigenvalue weighted by atomic mass is 10.0. The fraction of sp³-hybridized carbons (Fsp3) is 0.500. The number of nitrogens with zero attached hydrogens (tertiary/aromatic N) is 3. The normalized spacial score (nSPS) is 19.0. The summed E-state index contributed by atoms with van der Waals surface area (Å²) in [6, 6.07) is 7.31. The number of ether oxygens (including phenoxy) is 3. The Kier molecular flexibility index (Phi) is 4.60. The van der Waals surface area contributed by atoms with Crippen LogP contribution >= 0.6 is 0 Å². The number of carbonyl (C=O) groups is 1. The van der Waals surface area contributed by atoms with Crippen LogP contribution < -0.4 is 4.74 Å². The van der Waals surface area contributed by atoms with Crippen molar-refractivity contribution < 1.29 is 23.4 Å². The smallest absolute Gasteiger partial charge is 0.247 e. The maximum Gasteiger partial charge on any atom is 0.247 e. The topological polar surface area (TPSA) is 86.9 Å². The van der Waals surface area contributed by atoms with Gasteiger partial charge in [-0.3, -0.25) is 4.79 Å². The van der Waals surface area contributed by atoms with Crippen molar-refractivity contribution in [3.63, 3.8) is 0 Å². The van der Waals surface area contributed by atoms with Gasteiger partial charge in [0, 0.05) is 31.5 Å². The molecule has 2 fully saturated rings. The molecule has 3 heterocycles. The second kappa shape index (κ2) is 7.05. The lowest BCUT2D eigenvalue weighted by Gasteiger charge is -2.37. The monoisotopic (exact) mass is 359 g/mol. The second-order valence-corrected chi connectivity index (χ2v) is 6.39. The largest absolute Gasteiger partial charge is 0.497 e. The summed E-state index contributed by atoms with van der Waals surface area (Å²) in [5, 5.41) is 8.03. The Morgan fingerprint density at radius 2 is 1.85 bits per heavy atom. The first kappa shape index (κ1) is 17.0. The molecule has 8 nitrogen and oxygen atoms in total. The van der Waals surface area contributed by atoms with Crippen molar-refractivity contribution in [2.45, 2.75) is 25.0 Å². The zero-order chi connectivity index (χ0) is 18.0. The molecule has 1 spiro atoms. The second-order valence-electron chi connectivity index (χ2n) is 6.39. The Morgan fingerprint density at radius 1 is 1.15 bits per heavy atom. The van der Waals surface area contributed by atoms with Crippen LogP contribution in [0.5, 0.6) is 5.75 Å². The number of likely N-dealkylation sites (tertiary alicyclic amines) is 1. The molecule has 2 aliphatic rings. The minimum Gasteiger partial charge on any atom is -0.497 e. The summed E-state index contributed by atoms with van der Waals surface area (Å²) in [5.74, 6) is 0.947. The van der Waals surface area contributed by atoms with Crippen molar-refractivity contribution in [2.24, 2.45) is 0 Å². The van der Waals surface area contributed by atoms with E-state index in [0.29, 0.717) is 50.9 Å². The number of rotatable bonds is 4. The number of hydrogen-bond donors (Lipinski definition) is 0. The molecule has 1 aromatic heterocycles. The predicted octanol–water partition coefficient (Wildman–Crippen LogP) is 1.65. The van der Waals surface area contributed by atoms with E-state index in [1.54, 1.807) is 12.0 Å². The minimum atomic E-state index is -0.483. The summed E-state index contributed by atoms with van der Waals surface area (Å²) >= 11 is 0. The summed E-state index contributed by atoms with van der Waals surface area (Å²) in [6.07, 6.45) is 1.48. The molecule has 138 valence electrons. The summed E-state index contributed by atoms with van der Waals surface area (Å²) in [7, 11) is 1.61. The van der Waals surface area contributed by atoms with Gasteiger partial charge in [-0.1, -0.05) is 0 Å². The number of amides is 1. The van der Waals surface area contributed by atoms with Crippen LogP contribution in [0, 0.1) is 0 Å². The van der Waals surface area contributed by atoms with Crippen LogP contribution in [0.3, 0.4) is 0 Å². The van der Waals surface area contributed by atoms with E-state index in [2.05, 4.69) is 10.2 Å². The van der Waals surface area contributed by atoms with Crippen molar-refractivity contribution in [1.82, 2.24) is 15.1 Å². The lowest BCUT2D eigenvalue weighted by Crippen LogP contribution is -2.47. The highest BCUT2D eigenvalue weighted by atomic mass is 16.7. The Labute approximate surface area is 151 Å². The first-order valence-corrected chi connectivity index (χ1v) is 8.70. The van der Waals surface area contributed by atoms with Crippen molar-refractivity contribution in [3.05, 3.63) is 30.2 Å². The molecular formula is C18H21N3O5. The van der Waals surface area contributed by atoms with Crippen LogP contribution in [0.4, 0.5) is 0 Å². The molecule has 0 saturated carbocycles. The Hall–Kier alpha value is -2.45. The van der Waals surface area contributed by atoms with Crippen molar-refractivity contribution in [2.75, 3.05) is 33.4 Å². The fourth-order valence-electron chi connectivity index (χ4n) is 3.30. The molecule has 1 aromatic carbocycles. The van der Waals surface area contributed by atoms with Crippen LogP contribution in [0.2, 0.25) is 0 Å². The summed E-state index contributed by atoms with van der Waals surface area (Å²) in [5.41, 5.74) is 0.785. The van der Waals surface area contributed by atoms with E-state index in [0.717, 1.165) is 11.3 Å². The van der Waals surface area contributed by atoms with E-state index in [9.17, 15) is 4.79 Å². The zero-order valence-corrected chi connectivity index (χ0v) is 14.6. The first-order valence-electron chi connectivity index (χ1n) is 8.70. The van der Waals surface area contributed by atoms with Crippen LogP contribution in [-0.2, 0) is 20.7 Å². The van der Waals surface area contributed by atoms with Gasteiger partial charge >= 0.3 is 0 Å². The summed E-state index contributed by atoms with van der Waals surface area (Å²) in [4.78, 5) is 14.3. The van der Waals surface area contributed by atoms with Crippen LogP contribution in [-0.4, -0.2) is 60.2 Å². The van der Waals surface area contributed by atoms with Gasteiger partial charge in [0.05, 0.1) is 20.3 Å². The highest BCUT2D eigenvalue weighted by Gasteiger charge is 2.40. The van der Waals surface area contributed by atoms with Gasteiger partial charge in [-0.25, -0.2) is 0 Å². The molecule has 8 heteroatoms. The average Bonchev–Trinajstić information content (AvgIpc) is 3.32. The van der Waals surface area contributed by atoms with E-state index in [1.165, 1.54) is 0 Å². The molecule has 2 saturated heterocycles. The maximum atomic E-state index is 12.5. The molecule has 0 atom stereocenters. The van der Waals surface area contributed by atoms with E-state index in [4.69, 9.17) is 18.6 Å². The van der Waals surface area contributed by atoms with Gasteiger partial charge in [-0.2, -0.15) is 0 Å². The predicted molar refractivity (Wildman–Crippen MR) is 90.4 cm³/mol. The van der Waals surface area contributed by atoms with Crippen molar-refractivity contribution in [1.29, 1.82) is 0 Å². The Balaban J connectivity index is 1.35. The van der Waals surface area contributed by atoms with E-state index in [-0.39, 0.29) is 12.3 Å². The molecule has 0 radical (unpaired) electrons. The van der Waals surface area contributed by atoms with Gasteiger partial charge in [0.2, 0.25) is 17.7 Å². The third-order valence-electron chi connectivity index (χ3n) is 4.80. The molecule has 2 aliphatic heterocycles. The SMILES string of the molecule is COc1ccc(-c2nnc(CC(=O)N3CCC4(CC3)OCCO4)o2)cc1. The number of piperidine rings is 1. The van der Waals surface area contributed by atoms with Gasteiger partial charge in [0.25, 0.3) is 0 Å². The van der Waals surface area contributed by atoms with E-state index in [1.807, 2.05) is 24.3 Å². The molecule has 2 aromatic rings. The summed E-state index contributed by atoms with van der Waals surface area (Å²) < 4.78 is 22.1. The van der Waals surface area contributed by atoms with Gasteiger partial charge in [0.1, 0.15) is 12.2 Å². The number of aromatic nitrogens is 2. The van der Waals surface area contributed by atoms with Gasteiger partial charge in [-0.15, -0.1) is 10.2 Å². The average molecular weight is 359 g/mol. The molecule has 26 heavy (non-hydrogen) atoms. The van der Waals surface area contributed by atoms with Gasteiger partial charge < -0.3 is 23.5 Å². The lowest BCUT2D eigenvalue weighted by molar-refractivity contribution is -0.187. The summed E-state index contributed by atoms with van der Waals surface area (Å²) in [6.45, 7) is 2.48. The highest BCUT2D eigenvalue weighted by molar-refractivity contribution is 5.78. The quantitative estimate of drug-likeness (QED) is 0.820. The molecule has 0 aliphatic carbocycles. The van der Waals surface area contributed by atoms with Gasteiger partial charge in [0.15, 0.2) is 5.79 Å². The Bertz CT molecular complexity index is 757. The molecular weight excluding hydrogens is 338 g/mol. The number of hydrogen-bond acceptors (Lipinski definition) is 7. The zero-order valence-electron chi connectivity index (χ0n) is 14.6. The Morgan fingerprint density at radius 3 is 2.50 bits per heavy atom. The van der Waals surface area contributed by atoms with Crippen LogP contribution in [0.15, 0.2) is 28.7 Å². The molecule has 0 unspecified atom stereocenters. The van der Waals surface area contributed by atoms with E-state index >= 15 is 0 Å². The first-order chi connectivity index (χ1) is 12.7.